The van der Waals surface area contributed by atoms with Gasteiger partial charge in [0.1, 0.15) is 0 Å². The third-order valence-corrected chi connectivity index (χ3v) is 15.2. The minimum atomic E-state index is -1.10. The van der Waals surface area contributed by atoms with Crippen molar-refractivity contribution in [2.24, 2.45) is 0 Å². The van der Waals surface area contributed by atoms with E-state index < -0.39 is 5.51 Å². The summed E-state index contributed by atoms with van der Waals surface area (Å²) in [4.78, 5) is 0. The zero-order chi connectivity index (χ0) is 26.7. The molecule has 0 atom stereocenters. The second-order valence-electron chi connectivity index (χ2n) is 12.6. The van der Waals surface area contributed by atoms with Gasteiger partial charge in [0.2, 0.25) is 0 Å². The second-order valence-corrected chi connectivity index (χ2v) is 22.2. The Bertz CT molecular complexity index is 851. The quantitative estimate of drug-likeness (QED) is 0.113. The molecule has 0 saturated carbocycles. The van der Waals surface area contributed by atoms with Crippen LogP contribution in [0.4, 0.5) is 0 Å². The van der Waals surface area contributed by atoms with Crippen LogP contribution in [0.2, 0.25) is 0 Å². The number of benzene rings is 2. The summed E-state index contributed by atoms with van der Waals surface area (Å²) in [6.45, 7) is 16.1. The maximum atomic E-state index is 3.82. The zero-order valence-electron chi connectivity index (χ0n) is 24.4. The fourth-order valence-electron chi connectivity index (χ4n) is 4.48. The van der Waals surface area contributed by atoms with Crippen LogP contribution in [0.5, 0.6) is 0 Å². The molecule has 0 nitrogen and oxygen atoms in total. The summed E-state index contributed by atoms with van der Waals surface area (Å²) in [6, 6.07) is 18.9. The van der Waals surface area contributed by atoms with Crippen molar-refractivity contribution in [2.45, 2.75) is 104 Å². The van der Waals surface area contributed by atoms with Gasteiger partial charge in [-0.2, -0.15) is 0 Å². The van der Waals surface area contributed by atoms with Gasteiger partial charge in [0.15, 0.2) is 0 Å². The molecule has 2 rings (SSSR count). The fourth-order valence-corrected chi connectivity index (χ4v) is 11.5. The number of rotatable bonds is 15. The van der Waals surface area contributed by atoms with Gasteiger partial charge >= 0.3 is 237 Å². The summed E-state index contributed by atoms with van der Waals surface area (Å²) in [7, 11) is 0. The number of hydrogen-bond donors (Lipinski definition) is 0. The average molecular weight is 592 g/mol. The predicted octanol–water partition coefficient (Wildman–Crippen LogP) is 9.87. The fraction of sp³-hybridized carbons (Fsp3) is 0.636. The monoisotopic (exact) mass is 592 g/mol. The Labute approximate surface area is 236 Å². The van der Waals surface area contributed by atoms with Crippen LogP contribution >= 0.6 is 17.3 Å². The minimum absolute atomic E-state index is 0.226. The molecule has 2 aromatic rings. The van der Waals surface area contributed by atoms with Crippen molar-refractivity contribution in [1.82, 2.24) is 0 Å². The molecule has 0 aliphatic carbocycles. The number of unbranched alkanes of at least 4 members (excludes halogenated alkanes) is 4. The van der Waals surface area contributed by atoms with Crippen LogP contribution in [-0.4, -0.2) is 45.1 Å². The van der Waals surface area contributed by atoms with E-state index in [0.29, 0.717) is 0 Å². The first-order valence-electron chi connectivity index (χ1n) is 14.3. The van der Waals surface area contributed by atoms with Crippen LogP contribution in [0.3, 0.4) is 0 Å². The first-order valence-corrected chi connectivity index (χ1v) is 20.0. The summed E-state index contributed by atoms with van der Waals surface area (Å²) in [5.41, 5.74) is 5.22. The molecular weight excluding hydrogens is 538 g/mol. The summed E-state index contributed by atoms with van der Waals surface area (Å²) >= 11 is 6.02. The molecule has 0 bridgehead atoms. The third-order valence-electron chi connectivity index (χ3n) is 7.29. The Morgan fingerprint density at radius 2 is 1.06 bits per heavy atom. The Morgan fingerprint density at radius 3 is 1.47 bits per heavy atom. The van der Waals surface area contributed by atoms with Crippen molar-refractivity contribution < 1.29 is 0 Å². The maximum absolute atomic E-state index is 3.82. The molecule has 36 heavy (non-hydrogen) atoms. The molecule has 2 aromatic carbocycles. The van der Waals surface area contributed by atoms with E-state index in [1.54, 1.807) is 0 Å². The standard InChI is InChI=1S/C33H53PSSe/c1-8-9-10-11-12-26-35-27-25-34(36,23-21-28-13-17-30(18-14-28)32(2,3)4)24-22-29-15-19-31(20-16-29)33(5,6)7/h13-20H,8-12,21-27H2,1-7H3. The van der Waals surface area contributed by atoms with Gasteiger partial charge in [0, 0.05) is 0 Å². The first-order chi connectivity index (χ1) is 16.9. The Morgan fingerprint density at radius 1 is 0.611 bits per heavy atom. The number of thioether (sulfide) groups is 1. The molecule has 0 unspecified atom stereocenters. The third kappa shape index (κ3) is 12.1. The average Bonchev–Trinajstić information content (AvgIpc) is 2.83. The van der Waals surface area contributed by atoms with E-state index in [9.17, 15) is 0 Å². The van der Waals surface area contributed by atoms with Gasteiger partial charge in [-0.15, -0.1) is 0 Å². The molecule has 0 saturated heterocycles. The Hall–Kier alpha value is -0.261. The Balaban J connectivity index is 1.96. The van der Waals surface area contributed by atoms with E-state index in [1.807, 2.05) is 0 Å². The van der Waals surface area contributed by atoms with Crippen molar-refractivity contribution in [3.63, 3.8) is 0 Å². The number of aryl methyl sites for hydroxylation is 2. The van der Waals surface area contributed by atoms with E-state index in [1.165, 1.54) is 97.2 Å². The molecule has 0 N–H and O–H groups in total. The van der Waals surface area contributed by atoms with Gasteiger partial charge in [0.25, 0.3) is 0 Å². The van der Waals surface area contributed by atoms with Gasteiger partial charge in [-0.05, 0) is 0 Å². The van der Waals surface area contributed by atoms with E-state index in [-0.39, 0.29) is 10.8 Å². The van der Waals surface area contributed by atoms with Crippen LogP contribution < -0.4 is 0 Å². The molecule has 202 valence electrons. The predicted molar refractivity (Wildman–Crippen MR) is 171 cm³/mol. The van der Waals surface area contributed by atoms with Crippen LogP contribution in [0.1, 0.15) is 103 Å². The van der Waals surface area contributed by atoms with E-state index in [0.717, 1.165) is 0 Å². The van der Waals surface area contributed by atoms with Crippen molar-refractivity contribution in [1.29, 1.82) is 0 Å². The normalized spacial score (nSPS) is 12.8. The Kier molecular flexibility index (Phi) is 13.6. The molecule has 3 heteroatoms. The molecule has 0 fully saturated rings. The van der Waals surface area contributed by atoms with Gasteiger partial charge in [-0.25, -0.2) is 0 Å². The molecule has 0 aliphatic heterocycles. The summed E-state index contributed by atoms with van der Waals surface area (Å²) < 4.78 is 0. The second kappa shape index (κ2) is 15.4. The van der Waals surface area contributed by atoms with Crippen molar-refractivity contribution >= 4 is 32.4 Å². The summed E-state index contributed by atoms with van der Waals surface area (Å²) in [5.74, 6) is 2.66. The van der Waals surface area contributed by atoms with Crippen LogP contribution in [0.25, 0.3) is 0 Å². The SMILES string of the molecule is CCCCCCCSCCP(=[Se])(CCc1ccc(C(C)(C)C)cc1)CCc1ccc(C(C)(C)C)cc1. The summed E-state index contributed by atoms with van der Waals surface area (Å²) in [5, 5.41) is 0. The van der Waals surface area contributed by atoms with Crippen molar-refractivity contribution in [3.8, 4) is 0 Å². The van der Waals surface area contributed by atoms with Crippen LogP contribution in [0, 0.1) is 0 Å². The summed E-state index contributed by atoms with van der Waals surface area (Å²) in [6.07, 6.45) is 13.4. The molecule has 0 aromatic heterocycles. The van der Waals surface area contributed by atoms with Gasteiger partial charge in [0.05, 0.1) is 0 Å². The van der Waals surface area contributed by atoms with E-state index >= 15 is 0 Å². The van der Waals surface area contributed by atoms with Crippen molar-refractivity contribution in [3.05, 3.63) is 70.8 Å². The van der Waals surface area contributed by atoms with E-state index in [2.05, 4.69) is 124 Å². The van der Waals surface area contributed by atoms with Crippen LogP contribution in [-0.2, 0) is 23.7 Å². The molecular formula is C33H53PSSe. The first kappa shape index (κ1) is 32.0. The zero-order valence-corrected chi connectivity index (χ0v) is 27.8. The topological polar surface area (TPSA) is 0 Å². The molecule has 0 spiro atoms. The van der Waals surface area contributed by atoms with Gasteiger partial charge in [-0.3, -0.25) is 0 Å². The molecule has 0 aliphatic rings. The van der Waals surface area contributed by atoms with Gasteiger partial charge < -0.3 is 0 Å². The van der Waals surface area contributed by atoms with Crippen molar-refractivity contribution in [2.75, 3.05) is 30.0 Å². The van der Waals surface area contributed by atoms with E-state index in [4.69, 9.17) is 0 Å². The number of hydrogen-bond acceptors (Lipinski definition) is 1. The van der Waals surface area contributed by atoms with Crippen LogP contribution in [0.15, 0.2) is 48.5 Å². The molecule has 0 radical (unpaired) electrons. The molecule has 0 amide bonds. The van der Waals surface area contributed by atoms with Gasteiger partial charge in [-0.1, -0.05) is 0 Å². The molecule has 0 heterocycles.